The molecule has 7 nitrogen and oxygen atoms in total. The summed E-state index contributed by atoms with van der Waals surface area (Å²) in [6.45, 7) is 3.01. The van der Waals surface area contributed by atoms with Crippen LogP contribution in [0.5, 0.6) is 11.8 Å². The number of alkyl halides is 1. The Morgan fingerprint density at radius 1 is 1.14 bits per heavy atom. The maximum Gasteiger partial charge on any atom is 0.316 e. The smallest absolute Gasteiger partial charge is 0.316 e. The Labute approximate surface area is 252 Å². The molecule has 6 heterocycles. The Morgan fingerprint density at radius 3 is 2.81 bits per heavy atom. The van der Waals surface area contributed by atoms with Crippen LogP contribution in [0.4, 0.5) is 14.5 Å². The quantitative estimate of drug-likeness (QED) is 0.368. The molecule has 0 amide bonds. The molecule has 2 bridgehead atoms. The molecule has 0 unspecified atom stereocenters. The molecular weight excluding hydrogens is 604 g/mol. The highest BCUT2D eigenvalue weighted by atomic mass is 79.9. The number of aromatic nitrogens is 2. The number of piperidine rings is 1. The van der Waals surface area contributed by atoms with E-state index >= 15 is 0 Å². The number of phenolic OH excluding ortho intramolecular Hbond substituents is 1. The lowest BCUT2D eigenvalue weighted by Gasteiger charge is -2.35. The molecule has 2 N–H and O–H groups in total. The highest BCUT2D eigenvalue weighted by Crippen LogP contribution is 2.44. The molecule has 4 fully saturated rings. The third-order valence-electron chi connectivity index (χ3n) is 10.5. The summed E-state index contributed by atoms with van der Waals surface area (Å²) < 4.78 is 35.9. The van der Waals surface area contributed by atoms with Crippen molar-refractivity contribution in [1.82, 2.24) is 20.2 Å². The second-order valence-corrected chi connectivity index (χ2v) is 13.9. The number of aromatic hydroxyl groups is 1. The predicted molar refractivity (Wildman–Crippen MR) is 161 cm³/mol. The molecule has 5 atom stereocenters. The van der Waals surface area contributed by atoms with E-state index in [9.17, 15) is 13.9 Å². The number of anilines is 1. The molecule has 0 radical (unpaired) electrons. The van der Waals surface area contributed by atoms with Crippen molar-refractivity contribution in [2.45, 2.75) is 87.6 Å². The molecule has 4 saturated heterocycles. The molecule has 222 valence electrons. The van der Waals surface area contributed by atoms with E-state index in [1.165, 1.54) is 24.5 Å². The first kappa shape index (κ1) is 27.0. The lowest BCUT2D eigenvalue weighted by atomic mass is 9.85. The molecule has 1 aromatic heterocycles. The number of halogens is 3. The maximum absolute atomic E-state index is 14.6. The molecule has 0 saturated carbocycles. The Morgan fingerprint density at radius 2 is 1.98 bits per heavy atom. The fourth-order valence-electron chi connectivity index (χ4n) is 8.58. The Kier molecular flexibility index (Phi) is 6.61. The number of ether oxygens (including phenoxy) is 1. The first-order valence-corrected chi connectivity index (χ1v) is 16.2. The average molecular weight is 641 g/mol. The van der Waals surface area contributed by atoms with Gasteiger partial charge in [-0.3, -0.25) is 4.90 Å². The van der Waals surface area contributed by atoms with Crippen molar-refractivity contribution in [1.29, 1.82) is 0 Å². The van der Waals surface area contributed by atoms with Crippen LogP contribution in [-0.2, 0) is 13.0 Å². The number of nitrogens with zero attached hydrogens (tertiary/aromatic N) is 4. The van der Waals surface area contributed by atoms with E-state index in [-0.39, 0.29) is 17.1 Å². The van der Waals surface area contributed by atoms with Crippen LogP contribution in [0.3, 0.4) is 0 Å². The zero-order valence-corrected chi connectivity index (χ0v) is 25.2. The summed E-state index contributed by atoms with van der Waals surface area (Å²) in [7, 11) is 0. The minimum Gasteiger partial charge on any atom is -0.508 e. The summed E-state index contributed by atoms with van der Waals surface area (Å²) in [6.07, 6.45) is 7.01. The van der Waals surface area contributed by atoms with Gasteiger partial charge in [0.25, 0.3) is 0 Å². The van der Waals surface area contributed by atoms with Gasteiger partial charge in [0.15, 0.2) is 0 Å². The van der Waals surface area contributed by atoms with Crippen LogP contribution >= 0.6 is 15.9 Å². The summed E-state index contributed by atoms with van der Waals surface area (Å²) in [6, 6.07) is 7.93. The molecule has 0 spiro atoms. The molecule has 5 aliphatic heterocycles. The van der Waals surface area contributed by atoms with E-state index < -0.39 is 6.17 Å². The van der Waals surface area contributed by atoms with Gasteiger partial charge in [-0.1, -0.05) is 6.07 Å². The Bertz CT molecular complexity index is 1550. The summed E-state index contributed by atoms with van der Waals surface area (Å²) in [5.74, 6) is 0.153. The monoisotopic (exact) mass is 639 g/mol. The van der Waals surface area contributed by atoms with E-state index in [0.29, 0.717) is 61.1 Å². The standard InChI is InChI=1S/C32H36BrF2N5O2/c33-29-25(35)5-2-18-12-23(41)13-27(28(18)29)39-9-6-24-26(16-39)37-31(38-30(24)19-10-21-3-4-22(11-19)36-21)42-17-32-7-1-8-40(32)15-20(34)14-32/h2,5,12-13,19-22,36,41H,1,3-4,6-11,14-17H2/t19-,20-,21-,22+,32+/m1/s1. The van der Waals surface area contributed by atoms with Crippen LogP contribution in [0.2, 0.25) is 0 Å². The van der Waals surface area contributed by atoms with Crippen molar-refractivity contribution in [3.05, 3.63) is 51.5 Å². The molecule has 5 aliphatic rings. The van der Waals surface area contributed by atoms with Gasteiger partial charge in [-0.25, -0.2) is 8.78 Å². The van der Waals surface area contributed by atoms with Crippen LogP contribution in [0.15, 0.2) is 28.7 Å². The second kappa shape index (κ2) is 10.3. The van der Waals surface area contributed by atoms with E-state index in [1.54, 1.807) is 18.2 Å². The SMILES string of the molecule is Oc1cc(N2CCc3c(nc(OC[C@@]45CCCN4C[C@H](F)C5)nc3[C@@H]3C[C@H]4CC[C@@H](C3)N4)C2)c2c(Br)c(F)ccc2c1. The van der Waals surface area contributed by atoms with Crippen molar-refractivity contribution < 1.29 is 18.6 Å². The van der Waals surface area contributed by atoms with Crippen LogP contribution < -0.4 is 15.0 Å². The third kappa shape index (κ3) is 4.56. The van der Waals surface area contributed by atoms with Crippen molar-refractivity contribution in [2.75, 3.05) is 31.1 Å². The van der Waals surface area contributed by atoms with Gasteiger partial charge in [-0.2, -0.15) is 9.97 Å². The second-order valence-electron chi connectivity index (χ2n) is 13.1. The van der Waals surface area contributed by atoms with Gasteiger partial charge < -0.3 is 20.1 Å². The number of hydrogen-bond acceptors (Lipinski definition) is 7. The van der Waals surface area contributed by atoms with Crippen molar-refractivity contribution >= 4 is 32.4 Å². The van der Waals surface area contributed by atoms with Gasteiger partial charge >= 0.3 is 6.01 Å². The van der Waals surface area contributed by atoms with Crippen LogP contribution in [0.25, 0.3) is 10.8 Å². The molecule has 42 heavy (non-hydrogen) atoms. The van der Waals surface area contributed by atoms with E-state index in [4.69, 9.17) is 14.7 Å². The van der Waals surface area contributed by atoms with E-state index in [1.807, 2.05) is 0 Å². The summed E-state index contributed by atoms with van der Waals surface area (Å²) in [4.78, 5) is 14.5. The molecule has 10 heteroatoms. The summed E-state index contributed by atoms with van der Waals surface area (Å²) in [5, 5.41) is 15.8. The summed E-state index contributed by atoms with van der Waals surface area (Å²) in [5.41, 5.74) is 3.73. The fraction of sp³-hybridized carbons (Fsp3) is 0.562. The number of fused-ring (bicyclic) bond motifs is 5. The highest BCUT2D eigenvalue weighted by Gasteiger charge is 2.49. The van der Waals surface area contributed by atoms with E-state index in [0.717, 1.165) is 66.5 Å². The molecule has 8 rings (SSSR count). The van der Waals surface area contributed by atoms with Gasteiger partial charge in [-0.05, 0) is 90.5 Å². The molecule has 0 aliphatic carbocycles. The van der Waals surface area contributed by atoms with Gasteiger partial charge in [0.2, 0.25) is 0 Å². The van der Waals surface area contributed by atoms with Crippen molar-refractivity contribution in [3.63, 3.8) is 0 Å². The van der Waals surface area contributed by atoms with Gasteiger partial charge in [0, 0.05) is 54.7 Å². The number of phenols is 1. The average Bonchev–Trinajstić information content (AvgIpc) is 3.63. The fourth-order valence-corrected chi connectivity index (χ4v) is 9.15. The van der Waals surface area contributed by atoms with Crippen LogP contribution in [0.1, 0.15) is 67.8 Å². The first-order chi connectivity index (χ1) is 20.3. The van der Waals surface area contributed by atoms with Gasteiger partial charge in [0.05, 0.1) is 27.9 Å². The zero-order valence-electron chi connectivity index (χ0n) is 23.6. The predicted octanol–water partition coefficient (Wildman–Crippen LogP) is 5.75. The normalized spacial score (nSPS) is 30.6. The van der Waals surface area contributed by atoms with E-state index in [2.05, 4.69) is 31.0 Å². The first-order valence-electron chi connectivity index (χ1n) is 15.4. The van der Waals surface area contributed by atoms with Crippen molar-refractivity contribution in [3.8, 4) is 11.8 Å². The minimum atomic E-state index is -0.811. The summed E-state index contributed by atoms with van der Waals surface area (Å²) >= 11 is 3.46. The molecule has 3 aromatic rings. The number of benzene rings is 2. The minimum absolute atomic E-state index is 0.141. The lowest BCUT2D eigenvalue weighted by Crippen LogP contribution is -2.43. The number of nitrogens with one attached hydrogen (secondary N) is 1. The maximum atomic E-state index is 14.6. The van der Waals surface area contributed by atoms with Crippen LogP contribution in [0, 0.1) is 5.82 Å². The van der Waals surface area contributed by atoms with Crippen LogP contribution in [-0.4, -0.2) is 70.0 Å². The van der Waals surface area contributed by atoms with Crippen molar-refractivity contribution in [2.24, 2.45) is 0 Å². The van der Waals surface area contributed by atoms with Gasteiger partial charge in [-0.15, -0.1) is 0 Å². The zero-order chi connectivity index (χ0) is 28.6. The topological polar surface area (TPSA) is 73.8 Å². The molecular formula is C32H36BrF2N5O2. The highest BCUT2D eigenvalue weighted by molar-refractivity contribution is 9.10. The number of hydrogen-bond donors (Lipinski definition) is 2. The number of rotatable bonds is 5. The lowest BCUT2D eigenvalue weighted by molar-refractivity contribution is 0.106. The molecule has 2 aromatic carbocycles. The Hall–Kier alpha value is -2.56. The largest absolute Gasteiger partial charge is 0.508 e. The third-order valence-corrected chi connectivity index (χ3v) is 11.3. The van der Waals surface area contributed by atoms with Gasteiger partial charge in [0.1, 0.15) is 24.3 Å². The Balaban J connectivity index is 1.16.